The Balaban J connectivity index is 1.83. The first-order valence-corrected chi connectivity index (χ1v) is 11.6. The van der Waals surface area contributed by atoms with Crippen LogP contribution in [0.2, 0.25) is 0 Å². The van der Waals surface area contributed by atoms with E-state index >= 15 is 0 Å². The number of aryl methyl sites for hydroxylation is 1. The van der Waals surface area contributed by atoms with Gasteiger partial charge in [-0.25, -0.2) is 12.7 Å². The van der Waals surface area contributed by atoms with Crippen LogP contribution in [-0.4, -0.2) is 66.4 Å². The quantitative estimate of drug-likeness (QED) is 0.675. The lowest BCUT2D eigenvalue weighted by Crippen LogP contribution is -2.40. The zero-order valence-electron chi connectivity index (χ0n) is 17.3. The highest BCUT2D eigenvalue weighted by molar-refractivity contribution is 7.89. The third-order valence-electron chi connectivity index (χ3n) is 5.96. The SMILES string of the molecule is CCS(=O)(=O)N1CCCN(C(C)Cn2c(C#N)cc3c(C)c(C=O)ccc32)CC1. The monoisotopic (exact) mass is 416 g/mol. The van der Waals surface area contributed by atoms with Gasteiger partial charge in [0.05, 0.1) is 5.75 Å². The van der Waals surface area contributed by atoms with Crippen molar-refractivity contribution >= 4 is 27.2 Å². The van der Waals surface area contributed by atoms with E-state index in [1.165, 1.54) is 0 Å². The zero-order chi connectivity index (χ0) is 21.2. The van der Waals surface area contributed by atoms with Crippen molar-refractivity contribution in [2.75, 3.05) is 31.9 Å². The van der Waals surface area contributed by atoms with Gasteiger partial charge in [0, 0.05) is 48.7 Å². The van der Waals surface area contributed by atoms with Crippen molar-refractivity contribution in [2.24, 2.45) is 0 Å². The van der Waals surface area contributed by atoms with Gasteiger partial charge < -0.3 is 4.57 Å². The third kappa shape index (κ3) is 4.22. The Bertz CT molecular complexity index is 1050. The molecule has 0 N–H and O–H groups in total. The van der Waals surface area contributed by atoms with Crippen LogP contribution in [0.1, 0.15) is 41.9 Å². The molecule has 1 aliphatic rings. The average Bonchev–Trinajstić information content (AvgIpc) is 2.89. The first kappa shape index (κ1) is 21.5. The standard InChI is InChI=1S/C21H28N4O3S/c1-4-29(27,28)24-9-5-8-23(10-11-24)16(2)14-25-19(13-22)12-20-17(3)18(15-26)6-7-21(20)25/h6-7,12,15-16H,4-5,8-11,14H2,1-3H3. The van der Waals surface area contributed by atoms with E-state index in [2.05, 4.69) is 17.9 Å². The van der Waals surface area contributed by atoms with Crippen LogP contribution in [0.4, 0.5) is 0 Å². The molecular weight excluding hydrogens is 388 g/mol. The van der Waals surface area contributed by atoms with Gasteiger partial charge in [-0.2, -0.15) is 5.26 Å². The van der Waals surface area contributed by atoms with Crippen LogP contribution in [0.3, 0.4) is 0 Å². The largest absolute Gasteiger partial charge is 0.331 e. The molecule has 0 spiro atoms. The van der Waals surface area contributed by atoms with E-state index in [0.717, 1.165) is 35.7 Å². The Hall–Kier alpha value is -2.21. The number of nitriles is 1. The number of hydrogen-bond donors (Lipinski definition) is 0. The summed E-state index contributed by atoms with van der Waals surface area (Å²) in [6, 6.07) is 7.97. The minimum atomic E-state index is -3.16. The summed E-state index contributed by atoms with van der Waals surface area (Å²) in [5.74, 6) is 0.131. The fourth-order valence-electron chi connectivity index (χ4n) is 4.11. The maximum atomic E-state index is 12.2. The number of carbonyl (C=O) groups excluding carboxylic acids is 1. The summed E-state index contributed by atoms with van der Waals surface area (Å²) >= 11 is 0. The molecule has 0 aliphatic carbocycles. The molecule has 0 radical (unpaired) electrons. The molecule has 2 heterocycles. The number of hydrogen-bond acceptors (Lipinski definition) is 5. The van der Waals surface area contributed by atoms with Crippen LogP contribution in [0, 0.1) is 18.3 Å². The van der Waals surface area contributed by atoms with Gasteiger partial charge in [-0.15, -0.1) is 0 Å². The number of nitrogens with zero attached hydrogens (tertiary/aromatic N) is 4. The molecule has 0 saturated carbocycles. The van der Waals surface area contributed by atoms with Gasteiger partial charge >= 0.3 is 0 Å². The molecule has 0 bridgehead atoms. The van der Waals surface area contributed by atoms with Crippen molar-refractivity contribution in [3.05, 3.63) is 35.0 Å². The maximum Gasteiger partial charge on any atom is 0.213 e. The van der Waals surface area contributed by atoms with Gasteiger partial charge in [0.1, 0.15) is 18.0 Å². The van der Waals surface area contributed by atoms with E-state index in [9.17, 15) is 18.5 Å². The van der Waals surface area contributed by atoms with Crippen molar-refractivity contribution in [1.82, 2.24) is 13.8 Å². The smallest absolute Gasteiger partial charge is 0.213 e. The minimum Gasteiger partial charge on any atom is -0.331 e. The molecule has 2 aromatic rings. The number of aldehydes is 1. The second-order valence-corrected chi connectivity index (χ2v) is 9.88. The van der Waals surface area contributed by atoms with E-state index < -0.39 is 10.0 Å². The fourth-order valence-corrected chi connectivity index (χ4v) is 5.24. The van der Waals surface area contributed by atoms with Gasteiger partial charge in [0.2, 0.25) is 10.0 Å². The summed E-state index contributed by atoms with van der Waals surface area (Å²) < 4.78 is 28.0. The first-order chi connectivity index (χ1) is 13.8. The second-order valence-electron chi connectivity index (χ2n) is 7.62. The summed E-state index contributed by atoms with van der Waals surface area (Å²) in [6.07, 6.45) is 1.64. The number of aromatic nitrogens is 1. The van der Waals surface area contributed by atoms with Gasteiger partial charge in [-0.3, -0.25) is 9.69 Å². The van der Waals surface area contributed by atoms with E-state index in [1.807, 2.05) is 23.6 Å². The molecule has 1 aromatic heterocycles. The molecule has 1 atom stereocenters. The van der Waals surface area contributed by atoms with E-state index in [0.29, 0.717) is 37.4 Å². The highest BCUT2D eigenvalue weighted by Crippen LogP contribution is 2.26. The highest BCUT2D eigenvalue weighted by atomic mass is 32.2. The molecule has 1 aromatic carbocycles. The summed E-state index contributed by atoms with van der Waals surface area (Å²) in [7, 11) is -3.16. The first-order valence-electron chi connectivity index (χ1n) is 10.0. The molecule has 1 aliphatic heterocycles. The van der Waals surface area contributed by atoms with E-state index in [1.54, 1.807) is 17.3 Å². The van der Waals surface area contributed by atoms with Crippen LogP contribution < -0.4 is 0 Å². The Labute approximate surface area is 172 Å². The van der Waals surface area contributed by atoms with Crippen molar-refractivity contribution in [2.45, 2.75) is 39.8 Å². The van der Waals surface area contributed by atoms with Crippen LogP contribution in [0.15, 0.2) is 18.2 Å². The molecule has 7 nitrogen and oxygen atoms in total. The second kappa shape index (κ2) is 8.66. The molecule has 1 fully saturated rings. The zero-order valence-corrected chi connectivity index (χ0v) is 18.1. The Morgan fingerprint density at radius 1 is 1.24 bits per heavy atom. The minimum absolute atomic E-state index is 0.131. The summed E-state index contributed by atoms with van der Waals surface area (Å²) in [5, 5.41) is 10.6. The number of carbonyl (C=O) groups is 1. The normalized spacial score (nSPS) is 17.7. The topological polar surface area (TPSA) is 86.4 Å². The van der Waals surface area contributed by atoms with Crippen molar-refractivity contribution in [1.29, 1.82) is 5.26 Å². The Morgan fingerprint density at radius 3 is 2.66 bits per heavy atom. The lowest BCUT2D eigenvalue weighted by atomic mass is 10.1. The molecule has 1 unspecified atom stereocenters. The van der Waals surface area contributed by atoms with Gasteiger partial charge in [0.25, 0.3) is 0 Å². The van der Waals surface area contributed by atoms with Gasteiger partial charge in [-0.1, -0.05) is 0 Å². The average molecular weight is 417 g/mol. The highest BCUT2D eigenvalue weighted by Gasteiger charge is 2.26. The Kier molecular flexibility index (Phi) is 6.42. The van der Waals surface area contributed by atoms with Crippen LogP contribution >= 0.6 is 0 Å². The predicted octanol–water partition coefficient (Wildman–Crippen LogP) is 2.38. The molecule has 8 heteroatoms. The number of rotatable bonds is 6. The summed E-state index contributed by atoms with van der Waals surface area (Å²) in [5.41, 5.74) is 3.04. The van der Waals surface area contributed by atoms with E-state index in [4.69, 9.17) is 0 Å². The van der Waals surface area contributed by atoms with E-state index in [-0.39, 0.29) is 11.8 Å². The molecule has 29 heavy (non-hydrogen) atoms. The molecule has 156 valence electrons. The van der Waals surface area contributed by atoms with Crippen molar-refractivity contribution in [3.63, 3.8) is 0 Å². The predicted molar refractivity (Wildman–Crippen MR) is 113 cm³/mol. The maximum absolute atomic E-state index is 12.2. The summed E-state index contributed by atoms with van der Waals surface area (Å²) in [6.45, 7) is 8.89. The van der Waals surface area contributed by atoms with Crippen molar-refractivity contribution in [3.8, 4) is 6.07 Å². The lowest BCUT2D eigenvalue weighted by Gasteiger charge is -2.28. The Morgan fingerprint density at radius 2 is 2.00 bits per heavy atom. The molecule has 3 rings (SSSR count). The fraction of sp³-hybridized carbons (Fsp3) is 0.524. The number of benzene rings is 1. The molecular formula is C21H28N4O3S. The number of sulfonamides is 1. The number of fused-ring (bicyclic) bond motifs is 1. The van der Waals surface area contributed by atoms with Gasteiger partial charge in [0.15, 0.2) is 0 Å². The van der Waals surface area contributed by atoms with Crippen LogP contribution in [0.5, 0.6) is 0 Å². The van der Waals surface area contributed by atoms with Crippen molar-refractivity contribution < 1.29 is 13.2 Å². The van der Waals surface area contributed by atoms with Gasteiger partial charge in [-0.05, 0) is 57.5 Å². The molecule has 0 amide bonds. The van der Waals surface area contributed by atoms with Crippen LogP contribution in [-0.2, 0) is 16.6 Å². The third-order valence-corrected chi connectivity index (χ3v) is 7.84. The summed E-state index contributed by atoms with van der Waals surface area (Å²) in [4.78, 5) is 13.5. The van der Waals surface area contributed by atoms with Crippen LogP contribution in [0.25, 0.3) is 10.9 Å². The molecule has 1 saturated heterocycles. The lowest BCUT2D eigenvalue weighted by molar-refractivity contribution is 0.112.